The summed E-state index contributed by atoms with van der Waals surface area (Å²) in [4.78, 5) is 12.5. The molecular formula is C23H38BrNOS. The van der Waals surface area contributed by atoms with E-state index < -0.39 is 0 Å². The van der Waals surface area contributed by atoms with Crippen LogP contribution in [0.3, 0.4) is 0 Å². The van der Waals surface area contributed by atoms with Crippen molar-refractivity contribution in [3.63, 3.8) is 0 Å². The second-order valence-electron chi connectivity index (χ2n) is 7.89. The van der Waals surface area contributed by atoms with E-state index >= 15 is 0 Å². The number of benzene rings is 1. The smallest absolute Gasteiger partial charge is 0.234 e. The third-order valence-corrected chi connectivity index (χ3v) is 6.40. The molecule has 27 heavy (non-hydrogen) atoms. The standard InChI is InChI=1S/C23H38BrNOS/c1-18(2)20-13-12-14-21(19(3)4)23(20)25-22(26)17-27-16-11-9-7-5-6-8-10-15-24/h12-14,18-19H,5-11,15-17H2,1-4H3,(H,25,26). The van der Waals surface area contributed by atoms with Gasteiger partial charge < -0.3 is 5.32 Å². The molecule has 0 saturated heterocycles. The van der Waals surface area contributed by atoms with Gasteiger partial charge in [-0.15, -0.1) is 0 Å². The van der Waals surface area contributed by atoms with Gasteiger partial charge in [0, 0.05) is 11.0 Å². The van der Waals surface area contributed by atoms with E-state index in [2.05, 4.69) is 67.1 Å². The zero-order valence-electron chi connectivity index (χ0n) is 17.7. The van der Waals surface area contributed by atoms with Gasteiger partial charge in [-0.05, 0) is 41.6 Å². The highest BCUT2D eigenvalue weighted by atomic mass is 79.9. The second kappa shape index (κ2) is 14.5. The van der Waals surface area contributed by atoms with Crippen molar-refractivity contribution >= 4 is 39.3 Å². The maximum Gasteiger partial charge on any atom is 0.234 e. The van der Waals surface area contributed by atoms with Crippen molar-refractivity contribution in [2.24, 2.45) is 0 Å². The monoisotopic (exact) mass is 455 g/mol. The molecule has 1 rings (SSSR count). The number of nitrogens with one attached hydrogen (secondary N) is 1. The van der Waals surface area contributed by atoms with E-state index in [1.54, 1.807) is 11.8 Å². The van der Waals surface area contributed by atoms with Gasteiger partial charge in [0.25, 0.3) is 0 Å². The van der Waals surface area contributed by atoms with Crippen LogP contribution in [0.2, 0.25) is 0 Å². The summed E-state index contributed by atoms with van der Waals surface area (Å²) in [6.07, 6.45) is 9.18. The van der Waals surface area contributed by atoms with Gasteiger partial charge in [-0.3, -0.25) is 4.79 Å². The largest absolute Gasteiger partial charge is 0.325 e. The molecule has 0 aliphatic carbocycles. The Morgan fingerprint density at radius 3 is 1.96 bits per heavy atom. The van der Waals surface area contributed by atoms with Crippen molar-refractivity contribution in [1.29, 1.82) is 0 Å². The first kappa shape index (κ1) is 24.6. The number of amides is 1. The lowest BCUT2D eigenvalue weighted by atomic mass is 9.92. The summed E-state index contributed by atoms with van der Waals surface area (Å²) in [5.74, 6) is 2.57. The molecule has 4 heteroatoms. The predicted octanol–water partition coefficient (Wildman–Crippen LogP) is 7.73. The lowest BCUT2D eigenvalue weighted by Crippen LogP contribution is -2.18. The third-order valence-electron chi connectivity index (χ3n) is 4.79. The number of halogens is 1. The van der Waals surface area contributed by atoms with E-state index in [0.717, 1.165) is 16.8 Å². The minimum absolute atomic E-state index is 0.129. The van der Waals surface area contributed by atoms with Gasteiger partial charge in [-0.2, -0.15) is 11.8 Å². The van der Waals surface area contributed by atoms with Crippen LogP contribution in [0.25, 0.3) is 0 Å². The number of hydrogen-bond donors (Lipinski definition) is 1. The SMILES string of the molecule is CC(C)c1cccc(C(C)C)c1NC(=O)CSCCCCCCCCCBr. The van der Waals surface area contributed by atoms with Crippen molar-refractivity contribution in [2.75, 3.05) is 22.2 Å². The van der Waals surface area contributed by atoms with Crippen molar-refractivity contribution in [3.05, 3.63) is 29.3 Å². The second-order valence-corrected chi connectivity index (χ2v) is 9.78. The molecule has 0 aromatic heterocycles. The molecule has 0 unspecified atom stereocenters. The van der Waals surface area contributed by atoms with Crippen LogP contribution in [0, 0.1) is 0 Å². The lowest BCUT2D eigenvalue weighted by Gasteiger charge is -2.20. The van der Waals surface area contributed by atoms with Crippen LogP contribution in [-0.2, 0) is 4.79 Å². The first-order chi connectivity index (χ1) is 13.0. The molecule has 0 heterocycles. The van der Waals surface area contributed by atoms with E-state index in [4.69, 9.17) is 0 Å². The Balaban J connectivity index is 2.33. The van der Waals surface area contributed by atoms with Crippen LogP contribution < -0.4 is 5.32 Å². The summed E-state index contributed by atoms with van der Waals surface area (Å²) in [6, 6.07) is 6.38. The number of carbonyl (C=O) groups is 1. The minimum Gasteiger partial charge on any atom is -0.325 e. The number of unbranched alkanes of at least 4 members (excludes halogenated alkanes) is 6. The third kappa shape index (κ3) is 10.0. The Hall–Kier alpha value is -0.480. The first-order valence-corrected chi connectivity index (χ1v) is 12.8. The Morgan fingerprint density at radius 2 is 1.44 bits per heavy atom. The fraction of sp³-hybridized carbons (Fsp3) is 0.696. The summed E-state index contributed by atoms with van der Waals surface area (Å²) in [5, 5.41) is 4.34. The Bertz CT molecular complexity index is 519. The van der Waals surface area contributed by atoms with E-state index in [9.17, 15) is 4.79 Å². The summed E-state index contributed by atoms with van der Waals surface area (Å²) < 4.78 is 0. The average molecular weight is 457 g/mol. The average Bonchev–Trinajstić information content (AvgIpc) is 2.63. The highest BCUT2D eigenvalue weighted by molar-refractivity contribution is 9.09. The molecule has 1 aromatic carbocycles. The molecule has 1 N–H and O–H groups in total. The van der Waals surface area contributed by atoms with Crippen LogP contribution in [0.4, 0.5) is 5.69 Å². The van der Waals surface area contributed by atoms with Gasteiger partial charge in [0.2, 0.25) is 5.91 Å². The Morgan fingerprint density at radius 1 is 0.926 bits per heavy atom. The predicted molar refractivity (Wildman–Crippen MR) is 127 cm³/mol. The number of rotatable bonds is 14. The quantitative estimate of drug-likeness (QED) is 0.229. The molecule has 0 saturated carbocycles. The normalized spacial score (nSPS) is 11.4. The Labute approximate surface area is 179 Å². The maximum absolute atomic E-state index is 12.5. The van der Waals surface area contributed by atoms with E-state index in [1.807, 2.05) is 0 Å². The van der Waals surface area contributed by atoms with Crippen LogP contribution >= 0.6 is 27.7 Å². The van der Waals surface area contributed by atoms with Crippen LogP contribution in [0.15, 0.2) is 18.2 Å². The number of alkyl halides is 1. The summed E-state index contributed by atoms with van der Waals surface area (Å²) >= 11 is 5.24. The molecular weight excluding hydrogens is 418 g/mol. The minimum atomic E-state index is 0.129. The first-order valence-electron chi connectivity index (χ1n) is 10.5. The molecule has 154 valence electrons. The van der Waals surface area contributed by atoms with Crippen molar-refractivity contribution in [1.82, 2.24) is 0 Å². The number of anilines is 1. The van der Waals surface area contributed by atoms with Crippen molar-refractivity contribution < 1.29 is 4.79 Å². The lowest BCUT2D eigenvalue weighted by molar-refractivity contribution is -0.113. The van der Waals surface area contributed by atoms with Gasteiger partial charge in [0.1, 0.15) is 0 Å². The molecule has 0 aliphatic heterocycles. The summed E-state index contributed by atoms with van der Waals surface area (Å²) in [6.45, 7) is 8.74. The van der Waals surface area contributed by atoms with Gasteiger partial charge in [0.15, 0.2) is 0 Å². The van der Waals surface area contributed by atoms with Gasteiger partial charge >= 0.3 is 0 Å². The highest BCUT2D eigenvalue weighted by Gasteiger charge is 2.15. The number of para-hydroxylation sites is 1. The van der Waals surface area contributed by atoms with Crippen molar-refractivity contribution in [3.8, 4) is 0 Å². The van der Waals surface area contributed by atoms with Crippen LogP contribution in [0.5, 0.6) is 0 Å². The molecule has 2 nitrogen and oxygen atoms in total. The summed E-state index contributed by atoms with van der Waals surface area (Å²) in [7, 11) is 0. The summed E-state index contributed by atoms with van der Waals surface area (Å²) in [5.41, 5.74) is 3.51. The molecule has 0 atom stereocenters. The molecule has 0 aliphatic rings. The molecule has 0 bridgehead atoms. The van der Waals surface area contributed by atoms with E-state index in [-0.39, 0.29) is 5.91 Å². The topological polar surface area (TPSA) is 29.1 Å². The highest BCUT2D eigenvalue weighted by Crippen LogP contribution is 2.32. The molecule has 0 spiro atoms. The zero-order chi connectivity index (χ0) is 20.1. The van der Waals surface area contributed by atoms with E-state index in [0.29, 0.717) is 17.6 Å². The Kier molecular flexibility index (Phi) is 13.2. The van der Waals surface area contributed by atoms with Gasteiger partial charge in [-0.25, -0.2) is 0 Å². The molecule has 0 fully saturated rings. The fourth-order valence-corrected chi connectivity index (χ4v) is 4.42. The molecule has 0 radical (unpaired) electrons. The fourth-order valence-electron chi connectivity index (χ4n) is 3.22. The van der Waals surface area contributed by atoms with Crippen molar-refractivity contribution in [2.45, 2.75) is 84.5 Å². The van der Waals surface area contributed by atoms with Crippen LogP contribution in [-0.4, -0.2) is 22.7 Å². The zero-order valence-corrected chi connectivity index (χ0v) is 20.1. The van der Waals surface area contributed by atoms with Gasteiger partial charge in [-0.1, -0.05) is 93.9 Å². The molecule has 1 amide bonds. The number of hydrogen-bond acceptors (Lipinski definition) is 2. The number of carbonyl (C=O) groups excluding carboxylic acids is 1. The van der Waals surface area contributed by atoms with Crippen LogP contribution in [0.1, 0.15) is 95.6 Å². The van der Waals surface area contributed by atoms with Gasteiger partial charge in [0.05, 0.1) is 5.75 Å². The van der Waals surface area contributed by atoms with E-state index in [1.165, 1.54) is 56.1 Å². The number of thioether (sulfide) groups is 1. The molecule has 1 aromatic rings. The maximum atomic E-state index is 12.5.